The third-order valence-corrected chi connectivity index (χ3v) is 5.38. The largest absolute Gasteiger partial charge is 0.478 e. The average molecular weight is 372 g/mol. The minimum absolute atomic E-state index is 0.201. The lowest BCUT2D eigenvalue weighted by Gasteiger charge is -2.09. The summed E-state index contributed by atoms with van der Waals surface area (Å²) >= 11 is 1.90. The quantitative estimate of drug-likeness (QED) is 0.785. The summed E-state index contributed by atoms with van der Waals surface area (Å²) in [5.74, 6) is 0.125. The number of carbonyl (C=O) groups is 2. The second-order valence-electron chi connectivity index (χ2n) is 6.27. The lowest BCUT2D eigenvalue weighted by Crippen LogP contribution is -2.13. The van der Waals surface area contributed by atoms with Crippen molar-refractivity contribution >= 4 is 23.7 Å². The molecule has 0 aromatic heterocycles. The SMILES string of the molecule is Cc1ccc(C(=O)O)cc1.Cc1ccc(C(=O)OC[C@@H]2CCCS2)cc1. The Bertz CT molecular complexity index is 717. The molecule has 3 rings (SSSR count). The maximum absolute atomic E-state index is 11.7. The van der Waals surface area contributed by atoms with Crippen molar-refractivity contribution in [3.63, 3.8) is 0 Å². The van der Waals surface area contributed by atoms with E-state index < -0.39 is 5.97 Å². The first-order valence-electron chi connectivity index (χ1n) is 8.61. The van der Waals surface area contributed by atoms with Crippen LogP contribution in [0.2, 0.25) is 0 Å². The highest BCUT2D eigenvalue weighted by Gasteiger charge is 2.17. The Morgan fingerprint density at radius 1 is 1.00 bits per heavy atom. The minimum atomic E-state index is -0.875. The van der Waals surface area contributed by atoms with Crippen LogP contribution >= 0.6 is 11.8 Å². The molecule has 0 radical (unpaired) electrons. The highest BCUT2D eigenvalue weighted by atomic mass is 32.2. The molecule has 1 atom stereocenters. The van der Waals surface area contributed by atoms with Gasteiger partial charge >= 0.3 is 11.9 Å². The minimum Gasteiger partial charge on any atom is -0.478 e. The molecule has 0 unspecified atom stereocenters. The summed E-state index contributed by atoms with van der Waals surface area (Å²) in [5, 5.41) is 8.98. The van der Waals surface area contributed by atoms with E-state index in [9.17, 15) is 9.59 Å². The fourth-order valence-corrected chi connectivity index (χ4v) is 3.58. The van der Waals surface area contributed by atoms with Gasteiger partial charge in [0, 0.05) is 5.25 Å². The van der Waals surface area contributed by atoms with Crippen LogP contribution in [0.4, 0.5) is 0 Å². The van der Waals surface area contributed by atoms with Crippen LogP contribution < -0.4 is 0 Å². The van der Waals surface area contributed by atoms with Crippen LogP contribution in [0.15, 0.2) is 48.5 Å². The van der Waals surface area contributed by atoms with Crippen LogP contribution in [0.5, 0.6) is 0 Å². The fraction of sp³-hybridized carbons (Fsp3) is 0.333. The Kier molecular flexibility index (Phi) is 7.73. The number of aryl methyl sites for hydroxylation is 2. The number of rotatable bonds is 4. The molecule has 138 valence electrons. The van der Waals surface area contributed by atoms with Crippen LogP contribution in [-0.2, 0) is 4.74 Å². The van der Waals surface area contributed by atoms with E-state index in [1.807, 2.05) is 49.9 Å². The van der Waals surface area contributed by atoms with Crippen molar-refractivity contribution in [2.75, 3.05) is 12.4 Å². The van der Waals surface area contributed by atoms with Gasteiger partial charge in [0.2, 0.25) is 0 Å². The number of ether oxygens (including phenoxy) is 1. The first-order chi connectivity index (χ1) is 12.5. The molecule has 1 saturated heterocycles. The van der Waals surface area contributed by atoms with Gasteiger partial charge in [0.15, 0.2) is 0 Å². The molecule has 4 nitrogen and oxygen atoms in total. The van der Waals surface area contributed by atoms with Gasteiger partial charge in [-0.2, -0.15) is 11.8 Å². The van der Waals surface area contributed by atoms with Crippen LogP contribution in [-0.4, -0.2) is 34.7 Å². The van der Waals surface area contributed by atoms with Gasteiger partial charge in [-0.3, -0.25) is 0 Å². The third-order valence-electron chi connectivity index (χ3n) is 4.01. The molecule has 26 heavy (non-hydrogen) atoms. The van der Waals surface area contributed by atoms with Gasteiger partial charge in [0.25, 0.3) is 0 Å². The number of carboxylic acid groups (broad SMARTS) is 1. The molecule has 5 heteroatoms. The standard InChI is InChI=1S/C13H16O2S.C8H8O2/c1-10-4-6-11(7-5-10)13(14)15-9-12-3-2-8-16-12;1-6-2-4-7(5-3-6)8(9)10/h4-7,12H,2-3,8-9H2,1H3;2-5H,1H3,(H,9,10)/t12-;/m0./s1. The number of hydrogen-bond acceptors (Lipinski definition) is 4. The number of esters is 1. The maximum atomic E-state index is 11.7. The predicted molar refractivity (Wildman–Crippen MR) is 105 cm³/mol. The van der Waals surface area contributed by atoms with E-state index in [-0.39, 0.29) is 5.97 Å². The summed E-state index contributed by atoms with van der Waals surface area (Å²) < 4.78 is 5.29. The van der Waals surface area contributed by atoms with E-state index in [4.69, 9.17) is 9.84 Å². The molecule has 2 aromatic carbocycles. The van der Waals surface area contributed by atoms with E-state index in [0.717, 1.165) is 11.1 Å². The molecular formula is C21H24O4S. The zero-order chi connectivity index (χ0) is 18.9. The second kappa shape index (κ2) is 10.0. The van der Waals surface area contributed by atoms with Gasteiger partial charge in [0.1, 0.15) is 6.61 Å². The maximum Gasteiger partial charge on any atom is 0.338 e. The van der Waals surface area contributed by atoms with Gasteiger partial charge in [-0.15, -0.1) is 0 Å². The summed E-state index contributed by atoms with van der Waals surface area (Å²) in [7, 11) is 0. The van der Waals surface area contributed by atoms with Crippen molar-refractivity contribution in [1.82, 2.24) is 0 Å². The van der Waals surface area contributed by atoms with Gasteiger partial charge < -0.3 is 9.84 Å². The van der Waals surface area contributed by atoms with E-state index in [1.54, 1.807) is 24.3 Å². The van der Waals surface area contributed by atoms with Gasteiger partial charge in [-0.25, -0.2) is 9.59 Å². The summed E-state index contributed by atoms with van der Waals surface area (Å²) in [5.41, 5.74) is 3.21. The zero-order valence-corrected chi connectivity index (χ0v) is 15.9. The van der Waals surface area contributed by atoms with Crippen molar-refractivity contribution in [3.05, 3.63) is 70.8 Å². The summed E-state index contributed by atoms with van der Waals surface area (Å²) in [4.78, 5) is 22.0. The van der Waals surface area contributed by atoms with E-state index in [0.29, 0.717) is 23.0 Å². The number of aromatic carboxylic acids is 1. The van der Waals surface area contributed by atoms with E-state index in [2.05, 4.69) is 0 Å². The zero-order valence-electron chi connectivity index (χ0n) is 15.1. The van der Waals surface area contributed by atoms with Gasteiger partial charge in [-0.1, -0.05) is 35.4 Å². The van der Waals surface area contributed by atoms with Crippen molar-refractivity contribution in [2.24, 2.45) is 0 Å². The second-order valence-corrected chi connectivity index (χ2v) is 7.68. The Morgan fingerprint density at radius 3 is 2.00 bits per heavy atom. The molecule has 1 aliphatic rings. The Labute approximate surface area is 158 Å². The Morgan fingerprint density at radius 2 is 1.54 bits per heavy atom. The number of hydrogen-bond donors (Lipinski definition) is 1. The molecule has 0 saturated carbocycles. The van der Waals surface area contributed by atoms with E-state index >= 15 is 0 Å². The molecule has 2 aromatic rings. The molecule has 1 heterocycles. The summed E-state index contributed by atoms with van der Waals surface area (Å²) in [6.07, 6.45) is 2.42. The molecule has 1 aliphatic heterocycles. The highest BCUT2D eigenvalue weighted by Crippen LogP contribution is 2.26. The number of carboxylic acids is 1. The van der Waals surface area contributed by atoms with Crippen LogP contribution in [0.25, 0.3) is 0 Å². The predicted octanol–water partition coefficient (Wildman–Crippen LogP) is 4.74. The monoisotopic (exact) mass is 372 g/mol. The topological polar surface area (TPSA) is 63.6 Å². The number of carbonyl (C=O) groups excluding carboxylic acids is 1. The van der Waals surface area contributed by atoms with Crippen molar-refractivity contribution in [3.8, 4) is 0 Å². The van der Waals surface area contributed by atoms with Gasteiger partial charge in [-0.05, 0) is 56.7 Å². The summed E-state index contributed by atoms with van der Waals surface area (Å²) in [6, 6.07) is 14.3. The van der Waals surface area contributed by atoms with Crippen LogP contribution in [0.3, 0.4) is 0 Å². The average Bonchev–Trinajstić information content (AvgIpc) is 3.15. The number of thioether (sulfide) groups is 1. The van der Waals surface area contributed by atoms with Gasteiger partial charge in [0.05, 0.1) is 11.1 Å². The van der Waals surface area contributed by atoms with Crippen LogP contribution in [0, 0.1) is 13.8 Å². The first kappa shape index (κ1) is 20.0. The fourth-order valence-electron chi connectivity index (χ4n) is 2.41. The lowest BCUT2D eigenvalue weighted by atomic mass is 10.1. The Balaban J connectivity index is 0.000000209. The smallest absolute Gasteiger partial charge is 0.338 e. The number of benzene rings is 2. The van der Waals surface area contributed by atoms with Crippen molar-refractivity contribution in [1.29, 1.82) is 0 Å². The Hall–Kier alpha value is -2.27. The molecular weight excluding hydrogens is 348 g/mol. The normalized spacial score (nSPS) is 15.7. The molecule has 0 amide bonds. The van der Waals surface area contributed by atoms with Crippen molar-refractivity contribution < 1.29 is 19.4 Å². The molecule has 1 N–H and O–H groups in total. The highest BCUT2D eigenvalue weighted by molar-refractivity contribution is 8.00. The molecule has 0 aliphatic carbocycles. The molecule has 1 fully saturated rings. The summed E-state index contributed by atoms with van der Waals surface area (Å²) in [6.45, 7) is 4.48. The molecule has 0 bridgehead atoms. The van der Waals surface area contributed by atoms with Crippen molar-refractivity contribution in [2.45, 2.75) is 31.9 Å². The van der Waals surface area contributed by atoms with Crippen LogP contribution in [0.1, 0.15) is 44.7 Å². The van der Waals surface area contributed by atoms with E-state index in [1.165, 1.54) is 18.6 Å². The third kappa shape index (κ3) is 6.56. The molecule has 0 spiro atoms. The first-order valence-corrected chi connectivity index (χ1v) is 9.66. The lowest BCUT2D eigenvalue weighted by molar-refractivity contribution is 0.0505.